The number of hydrogen-bond donors (Lipinski definition) is 2. The molecule has 0 fully saturated rings. The molecule has 1 atom stereocenters. The Hall–Kier alpha value is -1.56. The molecule has 1 aromatic rings. The van der Waals surface area contributed by atoms with Crippen LogP contribution in [-0.4, -0.2) is 37.5 Å². The molecular weight excluding hydrogens is 312 g/mol. The number of nitrogens with zero attached hydrogens (tertiary/aromatic N) is 1. The first-order valence-electron chi connectivity index (χ1n) is 6.10. The maximum absolute atomic E-state index is 12.1. The van der Waals surface area contributed by atoms with Gasteiger partial charge in [0, 0.05) is 0 Å². The van der Waals surface area contributed by atoms with E-state index in [9.17, 15) is 13.2 Å². The average molecular weight is 328 g/mol. The van der Waals surface area contributed by atoms with E-state index in [0.717, 1.165) is 0 Å². The van der Waals surface area contributed by atoms with Crippen molar-refractivity contribution in [3.05, 3.63) is 29.8 Å². The number of aliphatic carboxylic acids is 1. The maximum Gasteiger partial charge on any atom is 0.321 e. The van der Waals surface area contributed by atoms with E-state index in [0.29, 0.717) is 11.3 Å². The zero-order valence-electron chi connectivity index (χ0n) is 11.4. The van der Waals surface area contributed by atoms with Gasteiger partial charge in [0.15, 0.2) is 0 Å². The van der Waals surface area contributed by atoms with E-state index < -0.39 is 22.0 Å². The molecule has 0 aliphatic rings. The van der Waals surface area contributed by atoms with Crippen LogP contribution < -0.4 is 4.72 Å². The normalized spacial score (nSPS) is 12.6. The SMILES string of the molecule is CSCCC(NS(=O)(=O)c1ccc(CC#N)cc1)C(=O)O. The molecule has 1 aromatic carbocycles. The molecule has 2 N–H and O–H groups in total. The molecule has 114 valence electrons. The lowest BCUT2D eigenvalue weighted by Crippen LogP contribution is -2.41. The van der Waals surface area contributed by atoms with E-state index in [-0.39, 0.29) is 17.7 Å². The first kappa shape index (κ1) is 17.5. The van der Waals surface area contributed by atoms with Gasteiger partial charge in [0.1, 0.15) is 6.04 Å². The highest BCUT2D eigenvalue weighted by Gasteiger charge is 2.24. The fraction of sp³-hybridized carbons (Fsp3) is 0.385. The maximum atomic E-state index is 12.1. The summed E-state index contributed by atoms with van der Waals surface area (Å²) in [6, 6.07) is 6.62. The van der Waals surface area contributed by atoms with Crippen molar-refractivity contribution in [3.8, 4) is 6.07 Å². The first-order valence-corrected chi connectivity index (χ1v) is 8.98. The highest BCUT2D eigenvalue weighted by Crippen LogP contribution is 2.13. The minimum atomic E-state index is -3.89. The lowest BCUT2D eigenvalue weighted by Gasteiger charge is -2.14. The summed E-state index contributed by atoms with van der Waals surface area (Å²) in [6.07, 6.45) is 2.23. The van der Waals surface area contributed by atoms with Crippen LogP contribution in [0.3, 0.4) is 0 Å². The van der Waals surface area contributed by atoms with Gasteiger partial charge >= 0.3 is 5.97 Å². The number of sulfonamides is 1. The van der Waals surface area contributed by atoms with Gasteiger partial charge in [-0.15, -0.1) is 0 Å². The summed E-state index contributed by atoms with van der Waals surface area (Å²) in [5.41, 5.74) is 0.702. The van der Waals surface area contributed by atoms with Crippen LogP contribution in [0.25, 0.3) is 0 Å². The molecular formula is C13H16N2O4S2. The van der Waals surface area contributed by atoms with Crippen molar-refractivity contribution in [2.24, 2.45) is 0 Å². The molecule has 0 aromatic heterocycles. The fourth-order valence-corrected chi connectivity index (χ4v) is 3.30. The van der Waals surface area contributed by atoms with Gasteiger partial charge in [-0.3, -0.25) is 4.79 Å². The molecule has 0 radical (unpaired) electrons. The second-order valence-electron chi connectivity index (χ2n) is 4.27. The van der Waals surface area contributed by atoms with Gasteiger partial charge in [0.25, 0.3) is 0 Å². The number of carboxylic acid groups (broad SMARTS) is 1. The topological polar surface area (TPSA) is 107 Å². The van der Waals surface area contributed by atoms with E-state index >= 15 is 0 Å². The Labute approximate surface area is 128 Å². The Morgan fingerprint density at radius 2 is 2.05 bits per heavy atom. The van der Waals surface area contributed by atoms with Crippen molar-refractivity contribution in [1.29, 1.82) is 5.26 Å². The summed E-state index contributed by atoms with van der Waals surface area (Å²) in [5, 5.41) is 17.6. The molecule has 21 heavy (non-hydrogen) atoms. The monoisotopic (exact) mass is 328 g/mol. The molecule has 1 rings (SSSR count). The zero-order valence-corrected chi connectivity index (χ0v) is 13.1. The molecule has 0 heterocycles. The third kappa shape index (κ3) is 5.38. The summed E-state index contributed by atoms with van der Waals surface area (Å²) < 4.78 is 26.5. The lowest BCUT2D eigenvalue weighted by molar-refractivity contribution is -0.139. The highest BCUT2D eigenvalue weighted by molar-refractivity contribution is 7.98. The molecule has 0 saturated heterocycles. The second kappa shape index (κ2) is 8.02. The molecule has 0 aliphatic carbocycles. The predicted molar refractivity (Wildman–Crippen MR) is 80.5 cm³/mol. The number of hydrogen-bond acceptors (Lipinski definition) is 5. The number of nitriles is 1. The van der Waals surface area contributed by atoms with Gasteiger partial charge in [0.05, 0.1) is 17.4 Å². The summed E-state index contributed by atoms with van der Waals surface area (Å²) >= 11 is 1.45. The largest absolute Gasteiger partial charge is 0.480 e. The molecule has 0 amide bonds. The van der Waals surface area contributed by atoms with Crippen molar-refractivity contribution >= 4 is 27.8 Å². The molecule has 0 aliphatic heterocycles. The molecule has 0 bridgehead atoms. The third-order valence-electron chi connectivity index (χ3n) is 2.72. The van der Waals surface area contributed by atoms with Crippen molar-refractivity contribution in [1.82, 2.24) is 4.72 Å². The molecule has 0 spiro atoms. The Balaban J connectivity index is 2.88. The van der Waals surface area contributed by atoms with Crippen molar-refractivity contribution in [2.45, 2.75) is 23.8 Å². The van der Waals surface area contributed by atoms with Crippen molar-refractivity contribution in [3.63, 3.8) is 0 Å². The van der Waals surface area contributed by atoms with Crippen LogP contribution in [0, 0.1) is 11.3 Å². The van der Waals surface area contributed by atoms with Crippen molar-refractivity contribution in [2.75, 3.05) is 12.0 Å². The standard InChI is InChI=1S/C13H16N2O4S2/c1-20-9-7-12(13(16)17)15-21(18,19)11-4-2-10(3-5-11)6-8-14/h2-5,12,15H,6-7,9H2,1H3,(H,16,17). The van der Waals surface area contributed by atoms with E-state index in [1.807, 2.05) is 12.3 Å². The summed E-state index contributed by atoms with van der Waals surface area (Å²) in [4.78, 5) is 11.1. The van der Waals surface area contributed by atoms with Crippen LogP contribution in [0.5, 0.6) is 0 Å². The van der Waals surface area contributed by atoms with Crippen LogP contribution in [0.4, 0.5) is 0 Å². The van der Waals surface area contributed by atoms with Gasteiger partial charge in [-0.25, -0.2) is 8.42 Å². The Morgan fingerprint density at radius 1 is 1.43 bits per heavy atom. The van der Waals surface area contributed by atoms with Crippen molar-refractivity contribution < 1.29 is 18.3 Å². The van der Waals surface area contributed by atoms with Crippen LogP contribution in [-0.2, 0) is 21.2 Å². The van der Waals surface area contributed by atoms with Gasteiger partial charge in [-0.1, -0.05) is 12.1 Å². The van der Waals surface area contributed by atoms with Crippen LogP contribution in [0.1, 0.15) is 12.0 Å². The Kier molecular flexibility index (Phi) is 6.68. The Bertz CT molecular complexity index is 621. The van der Waals surface area contributed by atoms with Gasteiger partial charge in [0.2, 0.25) is 10.0 Å². The minimum absolute atomic E-state index is 0.0143. The highest BCUT2D eigenvalue weighted by atomic mass is 32.2. The first-order chi connectivity index (χ1) is 9.90. The van der Waals surface area contributed by atoms with E-state index in [4.69, 9.17) is 10.4 Å². The van der Waals surface area contributed by atoms with Gasteiger partial charge < -0.3 is 5.11 Å². The number of nitrogens with one attached hydrogen (secondary N) is 1. The smallest absolute Gasteiger partial charge is 0.321 e. The number of thioether (sulfide) groups is 1. The third-order valence-corrected chi connectivity index (χ3v) is 4.85. The van der Waals surface area contributed by atoms with E-state index in [1.54, 1.807) is 0 Å². The van der Waals surface area contributed by atoms with E-state index in [1.165, 1.54) is 36.0 Å². The summed E-state index contributed by atoms with van der Waals surface area (Å²) in [5.74, 6) is -0.658. The summed E-state index contributed by atoms with van der Waals surface area (Å²) in [7, 11) is -3.89. The van der Waals surface area contributed by atoms with Crippen LogP contribution in [0.2, 0.25) is 0 Å². The van der Waals surface area contributed by atoms with Gasteiger partial charge in [-0.2, -0.15) is 21.7 Å². The van der Waals surface area contributed by atoms with E-state index in [2.05, 4.69) is 4.72 Å². The Morgan fingerprint density at radius 3 is 2.52 bits per heavy atom. The molecule has 8 heteroatoms. The van der Waals surface area contributed by atoms with Gasteiger partial charge in [-0.05, 0) is 36.1 Å². The van der Waals surface area contributed by atoms with Crippen LogP contribution >= 0.6 is 11.8 Å². The number of carboxylic acids is 1. The van der Waals surface area contributed by atoms with Crippen LogP contribution in [0.15, 0.2) is 29.2 Å². The number of carbonyl (C=O) groups is 1. The number of rotatable bonds is 8. The number of benzene rings is 1. The summed E-state index contributed by atoms with van der Waals surface area (Å²) in [6.45, 7) is 0. The fourth-order valence-electron chi connectivity index (χ4n) is 1.60. The average Bonchev–Trinajstić information content (AvgIpc) is 2.44. The molecule has 6 nitrogen and oxygen atoms in total. The molecule has 0 saturated carbocycles. The second-order valence-corrected chi connectivity index (χ2v) is 6.97. The molecule has 1 unspecified atom stereocenters. The minimum Gasteiger partial charge on any atom is -0.480 e. The predicted octanol–water partition coefficient (Wildman–Crippen LogP) is 1.24. The zero-order chi connectivity index (χ0) is 15.9. The quantitative estimate of drug-likeness (QED) is 0.743. The lowest BCUT2D eigenvalue weighted by atomic mass is 10.2.